The fourth-order valence-electron chi connectivity index (χ4n) is 2.58. The second-order valence-corrected chi connectivity index (χ2v) is 6.41. The predicted molar refractivity (Wildman–Crippen MR) is 90.6 cm³/mol. The number of hydrogen-bond donors (Lipinski definition) is 1. The standard InChI is InChI=1S/C17H12N2O5S/c1-9-4-5-25-14(9)7-11-15(20)18-17(22)19(16(11)21)10-2-3-12-13(6-10)24-8-23-12/h2-7H,8H2,1H3,(H,18,20,22)/b11-7+. The molecule has 1 N–H and O–H groups in total. The number of aryl methyl sites for hydroxylation is 1. The summed E-state index contributed by atoms with van der Waals surface area (Å²) in [4.78, 5) is 38.8. The highest BCUT2D eigenvalue weighted by molar-refractivity contribution is 7.11. The Balaban J connectivity index is 1.74. The Morgan fingerprint density at radius 1 is 1.16 bits per heavy atom. The van der Waals surface area contributed by atoms with Crippen molar-refractivity contribution in [2.24, 2.45) is 0 Å². The number of carbonyl (C=O) groups excluding carboxylic acids is 3. The van der Waals surface area contributed by atoms with E-state index in [4.69, 9.17) is 9.47 Å². The molecule has 4 amide bonds. The highest BCUT2D eigenvalue weighted by Gasteiger charge is 2.37. The molecule has 0 bridgehead atoms. The molecule has 1 fully saturated rings. The minimum atomic E-state index is -0.797. The first-order valence-electron chi connectivity index (χ1n) is 7.40. The van der Waals surface area contributed by atoms with Gasteiger partial charge in [-0.2, -0.15) is 0 Å². The van der Waals surface area contributed by atoms with E-state index in [2.05, 4.69) is 5.32 Å². The Morgan fingerprint density at radius 2 is 1.96 bits per heavy atom. The Bertz CT molecular complexity index is 946. The van der Waals surface area contributed by atoms with Crippen LogP contribution in [0.3, 0.4) is 0 Å². The number of amides is 4. The van der Waals surface area contributed by atoms with Crippen molar-refractivity contribution in [2.45, 2.75) is 6.92 Å². The van der Waals surface area contributed by atoms with Crippen LogP contribution in [0.25, 0.3) is 6.08 Å². The summed E-state index contributed by atoms with van der Waals surface area (Å²) in [5, 5.41) is 4.07. The van der Waals surface area contributed by atoms with Gasteiger partial charge in [-0.15, -0.1) is 11.3 Å². The zero-order valence-electron chi connectivity index (χ0n) is 13.1. The zero-order valence-corrected chi connectivity index (χ0v) is 13.9. The van der Waals surface area contributed by atoms with E-state index in [1.807, 2.05) is 18.4 Å². The second-order valence-electron chi connectivity index (χ2n) is 5.46. The summed E-state index contributed by atoms with van der Waals surface area (Å²) in [5.74, 6) is -0.412. The van der Waals surface area contributed by atoms with E-state index in [0.29, 0.717) is 17.2 Å². The number of rotatable bonds is 2. The highest BCUT2D eigenvalue weighted by atomic mass is 32.1. The van der Waals surface area contributed by atoms with Crippen molar-refractivity contribution in [1.29, 1.82) is 0 Å². The number of ether oxygens (including phenoxy) is 2. The number of benzene rings is 1. The van der Waals surface area contributed by atoms with Gasteiger partial charge in [0.2, 0.25) is 6.79 Å². The van der Waals surface area contributed by atoms with E-state index in [0.717, 1.165) is 15.3 Å². The lowest BCUT2D eigenvalue weighted by molar-refractivity contribution is -0.122. The minimum absolute atomic E-state index is 0.0836. The van der Waals surface area contributed by atoms with Gasteiger partial charge in [0.05, 0.1) is 5.69 Å². The number of anilines is 1. The molecule has 1 aromatic heterocycles. The SMILES string of the molecule is Cc1ccsc1/C=C1\C(=O)NC(=O)N(c2ccc3c(c2)OCO3)C1=O. The molecule has 2 aliphatic heterocycles. The third kappa shape index (κ3) is 2.56. The maximum absolute atomic E-state index is 12.8. The van der Waals surface area contributed by atoms with Crippen molar-refractivity contribution in [2.75, 3.05) is 11.7 Å². The van der Waals surface area contributed by atoms with Gasteiger partial charge in [0.15, 0.2) is 11.5 Å². The molecule has 0 radical (unpaired) electrons. The summed E-state index contributed by atoms with van der Waals surface area (Å²) < 4.78 is 10.5. The molecule has 0 aliphatic carbocycles. The summed E-state index contributed by atoms with van der Waals surface area (Å²) in [7, 11) is 0. The lowest BCUT2D eigenvalue weighted by atomic mass is 10.1. The van der Waals surface area contributed by atoms with Gasteiger partial charge in [-0.1, -0.05) is 0 Å². The number of urea groups is 1. The van der Waals surface area contributed by atoms with Crippen molar-refractivity contribution in [1.82, 2.24) is 5.32 Å². The third-order valence-electron chi connectivity index (χ3n) is 3.89. The van der Waals surface area contributed by atoms with Gasteiger partial charge < -0.3 is 9.47 Å². The normalized spacial score (nSPS) is 18.0. The fraction of sp³-hybridized carbons (Fsp3) is 0.118. The van der Waals surface area contributed by atoms with Gasteiger partial charge in [-0.05, 0) is 42.1 Å². The lowest BCUT2D eigenvalue weighted by Crippen LogP contribution is -2.54. The molecule has 1 aromatic carbocycles. The molecule has 25 heavy (non-hydrogen) atoms. The molecule has 126 valence electrons. The van der Waals surface area contributed by atoms with Gasteiger partial charge >= 0.3 is 6.03 Å². The van der Waals surface area contributed by atoms with E-state index in [-0.39, 0.29) is 12.4 Å². The Hall–Kier alpha value is -3.13. The molecule has 7 nitrogen and oxygen atoms in total. The number of nitrogens with one attached hydrogen (secondary N) is 1. The number of carbonyl (C=O) groups is 3. The van der Waals surface area contributed by atoms with Gasteiger partial charge in [0.1, 0.15) is 5.57 Å². The lowest BCUT2D eigenvalue weighted by Gasteiger charge is -2.26. The molecular formula is C17H12N2O5S. The Labute approximate surface area is 146 Å². The largest absolute Gasteiger partial charge is 0.454 e. The summed E-state index contributed by atoms with van der Waals surface area (Å²) in [5.41, 5.74) is 1.15. The van der Waals surface area contributed by atoms with Crippen LogP contribution in [0.2, 0.25) is 0 Å². The van der Waals surface area contributed by atoms with Crippen LogP contribution in [0, 0.1) is 6.92 Å². The molecule has 8 heteroatoms. The van der Waals surface area contributed by atoms with Crippen molar-refractivity contribution >= 4 is 40.9 Å². The molecule has 0 spiro atoms. The molecule has 0 unspecified atom stereocenters. The van der Waals surface area contributed by atoms with E-state index in [1.165, 1.54) is 23.5 Å². The number of imide groups is 2. The number of nitrogens with zero attached hydrogens (tertiary/aromatic N) is 1. The van der Waals surface area contributed by atoms with Gasteiger partial charge in [-0.25, -0.2) is 9.69 Å². The summed E-state index contributed by atoms with van der Waals surface area (Å²) in [6, 6.07) is 5.80. The molecule has 0 atom stereocenters. The molecule has 0 saturated carbocycles. The number of fused-ring (bicyclic) bond motifs is 1. The third-order valence-corrected chi connectivity index (χ3v) is 4.86. The van der Waals surface area contributed by atoms with Crippen molar-refractivity contribution in [3.63, 3.8) is 0 Å². The van der Waals surface area contributed by atoms with Crippen LogP contribution >= 0.6 is 11.3 Å². The molecule has 4 rings (SSSR count). The zero-order chi connectivity index (χ0) is 17.6. The maximum Gasteiger partial charge on any atom is 0.335 e. The second kappa shape index (κ2) is 5.75. The topological polar surface area (TPSA) is 84.9 Å². The first-order valence-corrected chi connectivity index (χ1v) is 8.28. The molecule has 3 heterocycles. The van der Waals surface area contributed by atoms with Crippen LogP contribution in [0.15, 0.2) is 35.2 Å². The van der Waals surface area contributed by atoms with Gasteiger partial charge in [0, 0.05) is 10.9 Å². The van der Waals surface area contributed by atoms with E-state index < -0.39 is 17.8 Å². The predicted octanol–water partition coefficient (Wildman–Crippen LogP) is 2.45. The van der Waals surface area contributed by atoms with Crippen molar-refractivity contribution < 1.29 is 23.9 Å². The van der Waals surface area contributed by atoms with E-state index >= 15 is 0 Å². The van der Waals surface area contributed by atoms with Crippen LogP contribution in [0.1, 0.15) is 10.4 Å². The number of hydrogen-bond acceptors (Lipinski definition) is 6. The van der Waals surface area contributed by atoms with Crippen LogP contribution in [0.5, 0.6) is 11.5 Å². The molecule has 2 aromatic rings. The molecule has 2 aliphatic rings. The highest BCUT2D eigenvalue weighted by Crippen LogP contribution is 2.36. The van der Waals surface area contributed by atoms with Crippen LogP contribution in [-0.2, 0) is 9.59 Å². The summed E-state index contributed by atoms with van der Waals surface area (Å²) >= 11 is 1.41. The van der Waals surface area contributed by atoms with Crippen molar-refractivity contribution in [3.05, 3.63) is 45.7 Å². The smallest absolute Gasteiger partial charge is 0.335 e. The van der Waals surface area contributed by atoms with Gasteiger partial charge in [-0.3, -0.25) is 14.9 Å². The average Bonchev–Trinajstić information content (AvgIpc) is 3.19. The van der Waals surface area contributed by atoms with Crippen LogP contribution < -0.4 is 19.7 Å². The number of thiophene rings is 1. The van der Waals surface area contributed by atoms with Crippen molar-refractivity contribution in [3.8, 4) is 11.5 Å². The van der Waals surface area contributed by atoms with Crippen LogP contribution in [0.4, 0.5) is 10.5 Å². The average molecular weight is 356 g/mol. The molecular weight excluding hydrogens is 344 g/mol. The number of barbiturate groups is 1. The van der Waals surface area contributed by atoms with E-state index in [1.54, 1.807) is 12.1 Å². The molecule has 1 saturated heterocycles. The monoisotopic (exact) mass is 356 g/mol. The van der Waals surface area contributed by atoms with Crippen LogP contribution in [-0.4, -0.2) is 24.6 Å². The van der Waals surface area contributed by atoms with Gasteiger partial charge in [0.25, 0.3) is 11.8 Å². The summed E-state index contributed by atoms with van der Waals surface area (Å²) in [6.07, 6.45) is 1.50. The first kappa shape index (κ1) is 15.4. The Kier molecular flexibility index (Phi) is 3.54. The quantitative estimate of drug-likeness (QED) is 0.660. The first-order chi connectivity index (χ1) is 12.0. The fourth-order valence-corrected chi connectivity index (χ4v) is 3.44. The summed E-state index contributed by atoms with van der Waals surface area (Å²) in [6.45, 7) is 1.97. The van der Waals surface area contributed by atoms with E-state index in [9.17, 15) is 14.4 Å². The maximum atomic E-state index is 12.8. The minimum Gasteiger partial charge on any atom is -0.454 e. The Morgan fingerprint density at radius 3 is 2.72 bits per heavy atom.